The molecule has 61 heavy (non-hydrogen) atoms. The standard InChI is InChI=1S/C58H37BN2/c1-3-18-40(19-4-1)56-46-26-13-11-16-38(46)30-32-50(56)60-52-28-15-29-53-58(52)59(48-34-42-22-7-9-24-44(42)36-54(48)60)49-35-43-23-8-10-25-45(43)37-55(49)61(53)51-33-31-39-17-12-14-27-47(39)57(51)41-20-5-2-6-21-41/h1-37H. The van der Waals surface area contributed by atoms with Crippen LogP contribution in [0.1, 0.15) is 0 Å². The van der Waals surface area contributed by atoms with Gasteiger partial charge in [-0.15, -0.1) is 0 Å². The first-order valence-electron chi connectivity index (χ1n) is 21.2. The normalized spacial score (nSPS) is 12.8. The molecule has 282 valence electrons. The maximum Gasteiger partial charge on any atom is 0.252 e. The Morgan fingerprint density at radius 2 is 0.639 bits per heavy atom. The van der Waals surface area contributed by atoms with E-state index in [2.05, 4.69) is 234 Å². The Balaban J connectivity index is 1.18. The van der Waals surface area contributed by atoms with Crippen molar-refractivity contribution in [3.8, 4) is 22.3 Å². The fraction of sp³-hybridized carbons (Fsp3) is 0. The van der Waals surface area contributed by atoms with Crippen LogP contribution in [-0.2, 0) is 0 Å². The van der Waals surface area contributed by atoms with E-state index >= 15 is 0 Å². The monoisotopic (exact) mass is 772 g/mol. The van der Waals surface area contributed by atoms with Gasteiger partial charge in [-0.2, -0.15) is 0 Å². The topological polar surface area (TPSA) is 6.48 Å². The largest absolute Gasteiger partial charge is 0.311 e. The van der Waals surface area contributed by atoms with Gasteiger partial charge in [0.25, 0.3) is 6.71 Å². The predicted octanol–water partition coefficient (Wildman–Crippen LogP) is 13.7. The van der Waals surface area contributed by atoms with Crippen LogP contribution < -0.4 is 26.2 Å². The van der Waals surface area contributed by atoms with Crippen LogP contribution in [0.5, 0.6) is 0 Å². The SMILES string of the molecule is c1ccc(-c2c(N3c4cc5ccccc5cc4B4c5cc6ccccc6cc5N(c5ccc6ccccc6c5-c5ccccc5)c5cccc3c54)ccc3ccccc23)cc1. The molecule has 3 heteroatoms. The third-order valence-electron chi connectivity index (χ3n) is 13.1. The molecule has 0 saturated carbocycles. The van der Waals surface area contributed by atoms with E-state index in [1.807, 2.05) is 0 Å². The summed E-state index contributed by atoms with van der Waals surface area (Å²) in [5, 5.41) is 9.88. The fourth-order valence-electron chi connectivity index (χ4n) is 10.5. The van der Waals surface area contributed by atoms with E-state index in [0.29, 0.717) is 0 Å². The molecular weight excluding hydrogens is 735 g/mol. The molecule has 2 heterocycles. The number of hydrogen-bond acceptors (Lipinski definition) is 2. The molecule has 2 nitrogen and oxygen atoms in total. The second kappa shape index (κ2) is 13.3. The second-order valence-electron chi connectivity index (χ2n) is 16.4. The summed E-state index contributed by atoms with van der Waals surface area (Å²) in [5.41, 5.74) is 15.9. The average Bonchev–Trinajstić information content (AvgIpc) is 3.32. The Morgan fingerprint density at radius 1 is 0.262 bits per heavy atom. The van der Waals surface area contributed by atoms with E-state index in [0.717, 1.165) is 0 Å². The van der Waals surface area contributed by atoms with Crippen molar-refractivity contribution in [1.82, 2.24) is 0 Å². The van der Waals surface area contributed by atoms with Gasteiger partial charge in [-0.05, 0) is 107 Å². The van der Waals surface area contributed by atoms with Crippen LogP contribution in [-0.4, -0.2) is 6.71 Å². The van der Waals surface area contributed by atoms with Crippen LogP contribution in [0.3, 0.4) is 0 Å². The Morgan fingerprint density at radius 3 is 1.08 bits per heavy atom. The van der Waals surface area contributed by atoms with Crippen molar-refractivity contribution in [2.24, 2.45) is 0 Å². The highest BCUT2D eigenvalue weighted by molar-refractivity contribution is 7.00. The van der Waals surface area contributed by atoms with Gasteiger partial charge in [-0.3, -0.25) is 0 Å². The smallest absolute Gasteiger partial charge is 0.252 e. The van der Waals surface area contributed by atoms with Crippen molar-refractivity contribution in [1.29, 1.82) is 0 Å². The zero-order valence-electron chi connectivity index (χ0n) is 33.3. The summed E-state index contributed by atoms with van der Waals surface area (Å²) in [6.07, 6.45) is 0. The molecule has 0 aromatic heterocycles. The molecule has 13 rings (SSSR count). The van der Waals surface area contributed by atoms with Crippen LogP contribution in [0.15, 0.2) is 224 Å². The van der Waals surface area contributed by atoms with Crippen molar-refractivity contribution in [3.63, 3.8) is 0 Å². The van der Waals surface area contributed by atoms with Gasteiger partial charge in [0.15, 0.2) is 0 Å². The van der Waals surface area contributed by atoms with Crippen LogP contribution in [0.25, 0.3) is 65.3 Å². The summed E-state index contributed by atoms with van der Waals surface area (Å²) in [7, 11) is 0. The highest BCUT2D eigenvalue weighted by Crippen LogP contribution is 2.50. The third kappa shape index (κ3) is 5.11. The van der Waals surface area contributed by atoms with E-state index in [1.54, 1.807) is 0 Å². The fourth-order valence-corrected chi connectivity index (χ4v) is 10.5. The zero-order valence-corrected chi connectivity index (χ0v) is 33.3. The maximum atomic E-state index is 2.58. The van der Waals surface area contributed by atoms with Crippen molar-refractivity contribution in [2.75, 3.05) is 9.80 Å². The molecule has 0 aliphatic carbocycles. The quantitative estimate of drug-likeness (QED) is 0.164. The minimum Gasteiger partial charge on any atom is -0.311 e. The molecule has 0 saturated heterocycles. The van der Waals surface area contributed by atoms with E-state index in [4.69, 9.17) is 0 Å². The maximum absolute atomic E-state index is 2.58. The predicted molar refractivity (Wildman–Crippen MR) is 261 cm³/mol. The summed E-state index contributed by atoms with van der Waals surface area (Å²) in [4.78, 5) is 5.16. The molecule has 0 fully saturated rings. The van der Waals surface area contributed by atoms with Gasteiger partial charge in [0.2, 0.25) is 0 Å². The van der Waals surface area contributed by atoms with Crippen LogP contribution in [0, 0.1) is 0 Å². The Kier molecular flexibility index (Phi) is 7.43. The van der Waals surface area contributed by atoms with Gasteiger partial charge < -0.3 is 9.80 Å². The van der Waals surface area contributed by atoms with Gasteiger partial charge in [-0.1, -0.05) is 188 Å². The number of anilines is 6. The first kappa shape index (κ1) is 34.0. The zero-order chi connectivity index (χ0) is 40.0. The van der Waals surface area contributed by atoms with Gasteiger partial charge in [-0.25, -0.2) is 0 Å². The second-order valence-corrected chi connectivity index (χ2v) is 16.4. The first-order valence-corrected chi connectivity index (χ1v) is 21.2. The highest BCUT2D eigenvalue weighted by Gasteiger charge is 2.44. The van der Waals surface area contributed by atoms with Gasteiger partial charge in [0, 0.05) is 33.9 Å². The summed E-state index contributed by atoms with van der Waals surface area (Å²) in [5.74, 6) is 0. The summed E-state index contributed by atoms with van der Waals surface area (Å²) in [6.45, 7) is -0.0147. The van der Waals surface area contributed by atoms with Gasteiger partial charge >= 0.3 is 0 Å². The van der Waals surface area contributed by atoms with Crippen molar-refractivity contribution in [2.45, 2.75) is 0 Å². The molecule has 0 spiro atoms. The number of rotatable bonds is 4. The summed E-state index contributed by atoms with van der Waals surface area (Å²) >= 11 is 0. The molecule has 0 radical (unpaired) electrons. The van der Waals surface area contributed by atoms with Crippen molar-refractivity contribution >= 4 is 100 Å². The van der Waals surface area contributed by atoms with E-state index in [-0.39, 0.29) is 6.71 Å². The Bertz CT molecular complexity index is 3330. The van der Waals surface area contributed by atoms with Crippen LogP contribution in [0.4, 0.5) is 34.1 Å². The van der Waals surface area contributed by atoms with Crippen LogP contribution >= 0.6 is 0 Å². The van der Waals surface area contributed by atoms with Gasteiger partial charge in [0.1, 0.15) is 0 Å². The molecule has 2 aliphatic heterocycles. The number of benzene rings is 11. The van der Waals surface area contributed by atoms with Crippen molar-refractivity contribution < 1.29 is 0 Å². The Labute approximate surface area is 355 Å². The summed E-state index contributed by atoms with van der Waals surface area (Å²) in [6, 6.07) is 83.4. The highest BCUT2D eigenvalue weighted by atomic mass is 15.2. The average molecular weight is 773 g/mol. The third-order valence-corrected chi connectivity index (χ3v) is 13.1. The molecule has 0 atom stereocenters. The lowest BCUT2D eigenvalue weighted by Crippen LogP contribution is -2.61. The number of fused-ring (bicyclic) bond motifs is 8. The lowest BCUT2D eigenvalue weighted by molar-refractivity contribution is 1.26. The Hall–Kier alpha value is -7.88. The molecule has 11 aromatic carbocycles. The lowest BCUT2D eigenvalue weighted by atomic mass is 9.33. The minimum atomic E-state index is -0.0147. The molecule has 0 amide bonds. The minimum absolute atomic E-state index is 0.0147. The number of nitrogens with zero attached hydrogens (tertiary/aromatic N) is 2. The van der Waals surface area contributed by atoms with E-state index in [9.17, 15) is 0 Å². The summed E-state index contributed by atoms with van der Waals surface area (Å²) < 4.78 is 0. The molecule has 11 aromatic rings. The van der Waals surface area contributed by atoms with E-state index in [1.165, 1.54) is 116 Å². The van der Waals surface area contributed by atoms with E-state index < -0.39 is 0 Å². The molecular formula is C58H37BN2. The number of hydrogen-bond donors (Lipinski definition) is 0. The molecule has 0 bridgehead atoms. The van der Waals surface area contributed by atoms with Gasteiger partial charge in [0.05, 0.1) is 11.4 Å². The van der Waals surface area contributed by atoms with Crippen molar-refractivity contribution in [3.05, 3.63) is 224 Å². The molecule has 0 N–H and O–H groups in total. The molecule has 0 unspecified atom stereocenters. The molecule has 2 aliphatic rings. The van der Waals surface area contributed by atoms with Crippen LogP contribution in [0.2, 0.25) is 0 Å². The first-order chi connectivity index (χ1) is 30.3. The lowest BCUT2D eigenvalue weighted by Gasteiger charge is -2.45.